The first-order valence-corrected chi connectivity index (χ1v) is 12.5. The fourth-order valence-electron chi connectivity index (χ4n) is 3.69. The third-order valence-corrected chi connectivity index (χ3v) is 8.43. The summed E-state index contributed by atoms with van der Waals surface area (Å²) in [5, 5.41) is 3.42. The maximum atomic E-state index is 13.5. The lowest BCUT2D eigenvalue weighted by molar-refractivity contribution is 0.240. The molecule has 7 heteroatoms. The summed E-state index contributed by atoms with van der Waals surface area (Å²) >= 11 is 1.88. The monoisotopic (exact) mass is 438 g/mol. The molecule has 0 amide bonds. The molecule has 1 fully saturated rings. The topological polar surface area (TPSA) is 58.6 Å². The predicted molar refractivity (Wildman–Crippen MR) is 120 cm³/mol. The van der Waals surface area contributed by atoms with Crippen LogP contribution in [0.15, 0.2) is 83.8 Å². The summed E-state index contributed by atoms with van der Waals surface area (Å²) in [6.07, 6.45) is -0.228. The molecule has 2 aliphatic heterocycles. The molecule has 154 valence electrons. The van der Waals surface area contributed by atoms with Crippen LogP contribution < -0.4 is 10.1 Å². The summed E-state index contributed by atoms with van der Waals surface area (Å²) in [6, 6.07) is 24.5. The zero-order valence-corrected chi connectivity index (χ0v) is 17.9. The first-order chi connectivity index (χ1) is 14.6. The van der Waals surface area contributed by atoms with E-state index in [0.717, 1.165) is 28.4 Å². The van der Waals surface area contributed by atoms with Gasteiger partial charge in [0.2, 0.25) is 10.0 Å². The van der Waals surface area contributed by atoms with E-state index >= 15 is 0 Å². The molecule has 3 aromatic carbocycles. The van der Waals surface area contributed by atoms with Crippen molar-refractivity contribution in [3.63, 3.8) is 0 Å². The molecule has 0 spiro atoms. The van der Waals surface area contributed by atoms with Crippen LogP contribution in [0.4, 0.5) is 5.69 Å². The van der Waals surface area contributed by atoms with Gasteiger partial charge in [0.05, 0.1) is 5.69 Å². The van der Waals surface area contributed by atoms with Crippen LogP contribution >= 0.6 is 11.8 Å². The molecule has 1 N–H and O–H groups in total. The molecule has 2 heterocycles. The van der Waals surface area contributed by atoms with Crippen molar-refractivity contribution in [3.8, 4) is 5.75 Å². The first kappa shape index (κ1) is 19.5. The average molecular weight is 439 g/mol. The summed E-state index contributed by atoms with van der Waals surface area (Å²) in [4.78, 5) is 0.305. The molecule has 3 aromatic rings. The number of para-hydroxylation sites is 1. The van der Waals surface area contributed by atoms with Gasteiger partial charge >= 0.3 is 0 Å². The predicted octanol–water partition coefficient (Wildman–Crippen LogP) is 4.50. The number of hydrogen-bond acceptors (Lipinski definition) is 5. The van der Waals surface area contributed by atoms with E-state index < -0.39 is 16.2 Å². The number of ether oxygens (including phenoxy) is 1. The molecule has 0 bridgehead atoms. The Labute approximate surface area is 181 Å². The van der Waals surface area contributed by atoms with Crippen molar-refractivity contribution in [2.24, 2.45) is 0 Å². The summed E-state index contributed by atoms with van der Waals surface area (Å²) in [5.74, 6) is 2.86. The molecular formula is C23H22N2O3S2. The first-order valence-electron chi connectivity index (χ1n) is 9.87. The van der Waals surface area contributed by atoms with Gasteiger partial charge in [0, 0.05) is 18.1 Å². The van der Waals surface area contributed by atoms with E-state index in [1.807, 2.05) is 78.5 Å². The highest BCUT2D eigenvalue weighted by atomic mass is 32.2. The largest absolute Gasteiger partial charge is 0.489 e. The van der Waals surface area contributed by atoms with Gasteiger partial charge in [-0.25, -0.2) is 8.42 Å². The van der Waals surface area contributed by atoms with Gasteiger partial charge in [0.15, 0.2) is 0 Å². The molecule has 5 rings (SSSR count). The third-order valence-electron chi connectivity index (χ3n) is 5.34. The van der Waals surface area contributed by atoms with Crippen molar-refractivity contribution in [2.75, 3.05) is 16.8 Å². The Balaban J connectivity index is 1.50. The second-order valence-corrected chi connectivity index (χ2v) is 10.4. The summed E-state index contributed by atoms with van der Waals surface area (Å²) in [5.41, 5.74) is 2.44. The van der Waals surface area contributed by atoms with Gasteiger partial charge in [-0.05, 0) is 35.4 Å². The Morgan fingerprint density at radius 1 is 0.933 bits per heavy atom. The lowest BCUT2D eigenvalue weighted by atomic mass is 10.1. The molecule has 1 saturated heterocycles. The zero-order chi connectivity index (χ0) is 20.6. The highest BCUT2D eigenvalue weighted by molar-refractivity contribution is 8.00. The van der Waals surface area contributed by atoms with Gasteiger partial charge in [-0.1, -0.05) is 54.6 Å². The van der Waals surface area contributed by atoms with Gasteiger partial charge in [0.25, 0.3) is 0 Å². The molecule has 0 radical (unpaired) electrons. The lowest BCUT2D eigenvalue weighted by Gasteiger charge is -2.37. The number of thioether (sulfide) groups is 1. The van der Waals surface area contributed by atoms with Crippen molar-refractivity contribution in [1.29, 1.82) is 0 Å². The van der Waals surface area contributed by atoms with Crippen molar-refractivity contribution >= 4 is 27.5 Å². The van der Waals surface area contributed by atoms with Gasteiger partial charge in [-0.15, -0.1) is 0 Å². The van der Waals surface area contributed by atoms with E-state index in [-0.39, 0.29) is 12.6 Å². The molecule has 1 atom stereocenters. The van der Waals surface area contributed by atoms with E-state index in [1.54, 1.807) is 12.1 Å². The Bertz CT molecular complexity index is 1130. The minimum Gasteiger partial charge on any atom is -0.489 e. The summed E-state index contributed by atoms with van der Waals surface area (Å²) < 4.78 is 34.5. The standard InChI is InChI=1S/C23H22N2O3S2/c26-30(27)22-9-5-4-8-21(22)24-23(25(30)14-17-6-2-1-3-7-17)18-10-12-19(13-11-18)28-20-15-29-16-20/h1-13,20,23-24H,14-16H2. The molecule has 0 aromatic heterocycles. The second kappa shape index (κ2) is 7.98. The fraction of sp³-hybridized carbons (Fsp3) is 0.217. The number of nitrogens with one attached hydrogen (secondary N) is 1. The van der Waals surface area contributed by atoms with E-state index in [1.165, 1.54) is 4.31 Å². The van der Waals surface area contributed by atoms with Crippen LogP contribution in [0.5, 0.6) is 5.75 Å². The van der Waals surface area contributed by atoms with Crippen LogP contribution in [-0.4, -0.2) is 30.3 Å². The van der Waals surface area contributed by atoms with Gasteiger partial charge < -0.3 is 10.1 Å². The van der Waals surface area contributed by atoms with Crippen LogP contribution in [0.2, 0.25) is 0 Å². The molecule has 0 aliphatic carbocycles. The number of rotatable bonds is 5. The molecule has 5 nitrogen and oxygen atoms in total. The quantitative estimate of drug-likeness (QED) is 0.636. The maximum Gasteiger partial charge on any atom is 0.247 e. The van der Waals surface area contributed by atoms with Crippen LogP contribution in [0.1, 0.15) is 17.3 Å². The van der Waals surface area contributed by atoms with Gasteiger partial charge in [0.1, 0.15) is 22.9 Å². The van der Waals surface area contributed by atoms with E-state index in [2.05, 4.69) is 5.32 Å². The van der Waals surface area contributed by atoms with Gasteiger partial charge in [-0.3, -0.25) is 0 Å². The van der Waals surface area contributed by atoms with E-state index in [0.29, 0.717) is 10.6 Å². The minimum absolute atomic E-state index is 0.274. The van der Waals surface area contributed by atoms with Gasteiger partial charge in [-0.2, -0.15) is 16.1 Å². The molecule has 0 saturated carbocycles. The van der Waals surface area contributed by atoms with Crippen molar-refractivity contribution in [1.82, 2.24) is 4.31 Å². The Morgan fingerprint density at radius 3 is 2.33 bits per heavy atom. The second-order valence-electron chi connectivity index (χ2n) is 7.43. The SMILES string of the molecule is O=S1(=O)c2ccccc2NC(c2ccc(OC3CSC3)cc2)N1Cc1ccccc1. The number of anilines is 1. The molecule has 1 unspecified atom stereocenters. The number of benzene rings is 3. The van der Waals surface area contributed by atoms with Crippen LogP contribution in [0.3, 0.4) is 0 Å². The Kier molecular flexibility index (Phi) is 5.18. The van der Waals surface area contributed by atoms with E-state index in [9.17, 15) is 8.42 Å². The van der Waals surface area contributed by atoms with E-state index in [4.69, 9.17) is 4.74 Å². The Morgan fingerprint density at radius 2 is 1.63 bits per heavy atom. The number of fused-ring (bicyclic) bond motifs is 1. The normalized spacial score (nSPS) is 20.6. The van der Waals surface area contributed by atoms with Crippen molar-refractivity contribution < 1.29 is 13.2 Å². The zero-order valence-electron chi connectivity index (χ0n) is 16.3. The lowest BCUT2D eigenvalue weighted by Crippen LogP contribution is -2.42. The van der Waals surface area contributed by atoms with Crippen LogP contribution in [0, 0.1) is 0 Å². The third kappa shape index (κ3) is 3.69. The summed E-state index contributed by atoms with van der Waals surface area (Å²) in [7, 11) is -3.67. The summed E-state index contributed by atoms with van der Waals surface area (Å²) in [6.45, 7) is 0.284. The molecule has 30 heavy (non-hydrogen) atoms. The highest BCUT2D eigenvalue weighted by Crippen LogP contribution is 2.39. The van der Waals surface area contributed by atoms with Crippen LogP contribution in [-0.2, 0) is 16.6 Å². The van der Waals surface area contributed by atoms with Crippen molar-refractivity contribution in [2.45, 2.75) is 23.7 Å². The smallest absolute Gasteiger partial charge is 0.247 e. The molecular weight excluding hydrogens is 416 g/mol. The highest BCUT2D eigenvalue weighted by Gasteiger charge is 2.38. The Hall–Kier alpha value is -2.48. The number of sulfonamides is 1. The number of hydrogen-bond donors (Lipinski definition) is 1. The fourth-order valence-corrected chi connectivity index (χ4v) is 5.93. The minimum atomic E-state index is -3.67. The maximum absolute atomic E-state index is 13.5. The van der Waals surface area contributed by atoms with Crippen molar-refractivity contribution in [3.05, 3.63) is 90.0 Å². The van der Waals surface area contributed by atoms with Crippen LogP contribution in [0.25, 0.3) is 0 Å². The number of nitrogens with zero attached hydrogens (tertiary/aromatic N) is 1. The average Bonchev–Trinajstić information content (AvgIpc) is 2.74. The molecule has 2 aliphatic rings.